The Bertz CT molecular complexity index is 544. The highest BCUT2D eigenvalue weighted by Gasteiger charge is 2.22. The minimum Gasteiger partial charge on any atom is -0.482 e. The van der Waals surface area contributed by atoms with E-state index < -0.39 is 5.82 Å². The highest BCUT2D eigenvalue weighted by Crippen LogP contribution is 2.37. The fraction of sp³-hybridized carbons (Fsp3) is 0.167. The monoisotopic (exact) mass is 269 g/mol. The lowest BCUT2D eigenvalue weighted by Crippen LogP contribution is -2.23. The third kappa shape index (κ3) is 1.98. The molecule has 0 saturated carbocycles. The molecule has 1 N–H and O–H groups in total. The van der Waals surface area contributed by atoms with Gasteiger partial charge in [-0.25, -0.2) is 4.39 Å². The largest absolute Gasteiger partial charge is 0.482 e. The van der Waals surface area contributed by atoms with Gasteiger partial charge in [0.2, 0.25) is 0 Å². The minimum absolute atomic E-state index is 0.0747. The van der Waals surface area contributed by atoms with Crippen molar-refractivity contribution in [3.63, 3.8) is 0 Å². The second kappa shape index (κ2) is 4.20. The van der Waals surface area contributed by atoms with Gasteiger partial charge in [0, 0.05) is 11.6 Å². The summed E-state index contributed by atoms with van der Waals surface area (Å²) >= 11 is 7.33. The molecule has 0 fully saturated rings. The topological polar surface area (TPSA) is 21.3 Å². The number of rotatable bonds is 1. The van der Waals surface area contributed by atoms with Crippen LogP contribution in [0, 0.1) is 5.82 Å². The van der Waals surface area contributed by atoms with E-state index in [0.29, 0.717) is 12.3 Å². The summed E-state index contributed by atoms with van der Waals surface area (Å²) in [7, 11) is 0. The lowest BCUT2D eigenvalue weighted by Gasteiger charge is -2.27. The third-order valence-electron chi connectivity index (χ3n) is 2.68. The Labute approximate surface area is 107 Å². The predicted molar refractivity (Wildman–Crippen MR) is 67.6 cm³/mol. The van der Waals surface area contributed by atoms with Crippen molar-refractivity contribution in [3.8, 4) is 5.75 Å². The molecule has 1 atom stereocenters. The number of benzene rings is 1. The maximum absolute atomic E-state index is 13.3. The van der Waals surface area contributed by atoms with E-state index >= 15 is 0 Å². The highest BCUT2D eigenvalue weighted by atomic mass is 35.5. The lowest BCUT2D eigenvalue weighted by molar-refractivity contribution is 0.210. The van der Waals surface area contributed by atoms with Gasteiger partial charge in [-0.2, -0.15) is 11.3 Å². The van der Waals surface area contributed by atoms with Crippen LogP contribution in [0.3, 0.4) is 0 Å². The number of ether oxygens (including phenoxy) is 1. The molecule has 1 aromatic carbocycles. The van der Waals surface area contributed by atoms with Gasteiger partial charge in [-0.1, -0.05) is 11.6 Å². The van der Waals surface area contributed by atoms with E-state index in [1.807, 2.05) is 16.8 Å². The average molecular weight is 270 g/mol. The van der Waals surface area contributed by atoms with Crippen LogP contribution in [0.25, 0.3) is 0 Å². The zero-order valence-corrected chi connectivity index (χ0v) is 10.3. The molecule has 2 heterocycles. The Morgan fingerprint density at radius 1 is 1.47 bits per heavy atom. The Balaban J connectivity index is 1.93. The Morgan fingerprint density at radius 2 is 2.35 bits per heavy atom. The summed E-state index contributed by atoms with van der Waals surface area (Å²) in [4.78, 5) is 0. The SMILES string of the molecule is Fc1cc2c(cc1Cl)NCC(c1ccsc1)O2. The van der Waals surface area contributed by atoms with E-state index in [4.69, 9.17) is 16.3 Å². The van der Waals surface area contributed by atoms with Crippen LogP contribution < -0.4 is 10.1 Å². The van der Waals surface area contributed by atoms with Crippen molar-refractivity contribution in [1.82, 2.24) is 0 Å². The van der Waals surface area contributed by atoms with E-state index in [1.165, 1.54) is 6.07 Å². The van der Waals surface area contributed by atoms with Crippen molar-refractivity contribution in [2.45, 2.75) is 6.10 Å². The van der Waals surface area contributed by atoms with Crippen molar-refractivity contribution >= 4 is 28.6 Å². The van der Waals surface area contributed by atoms with Gasteiger partial charge in [-0.05, 0) is 22.9 Å². The van der Waals surface area contributed by atoms with Crippen LogP contribution in [-0.4, -0.2) is 6.54 Å². The first kappa shape index (κ1) is 10.9. The molecule has 88 valence electrons. The molecule has 0 aliphatic carbocycles. The molecule has 1 aliphatic heterocycles. The smallest absolute Gasteiger partial charge is 0.146 e. The summed E-state index contributed by atoms with van der Waals surface area (Å²) in [5.74, 6) is 0.0486. The molecule has 0 saturated heterocycles. The molecule has 3 rings (SSSR count). The molecule has 0 radical (unpaired) electrons. The van der Waals surface area contributed by atoms with Gasteiger partial charge < -0.3 is 10.1 Å². The molecular weight excluding hydrogens is 261 g/mol. The van der Waals surface area contributed by atoms with Crippen LogP contribution in [0.2, 0.25) is 5.02 Å². The van der Waals surface area contributed by atoms with Crippen molar-refractivity contribution in [2.24, 2.45) is 0 Å². The van der Waals surface area contributed by atoms with Crippen LogP contribution in [-0.2, 0) is 0 Å². The summed E-state index contributed by atoms with van der Waals surface area (Å²) in [5.41, 5.74) is 1.84. The summed E-state index contributed by atoms with van der Waals surface area (Å²) in [6, 6.07) is 4.88. The quantitative estimate of drug-likeness (QED) is 0.842. The summed E-state index contributed by atoms with van der Waals surface area (Å²) in [5, 5.41) is 7.33. The molecule has 0 spiro atoms. The Kier molecular flexibility index (Phi) is 2.68. The first-order valence-electron chi connectivity index (χ1n) is 5.16. The summed E-state index contributed by atoms with van der Waals surface area (Å²) in [6.45, 7) is 0.658. The van der Waals surface area contributed by atoms with Crippen LogP contribution in [0.15, 0.2) is 29.0 Å². The summed E-state index contributed by atoms with van der Waals surface area (Å²) < 4.78 is 19.1. The maximum atomic E-state index is 13.3. The van der Waals surface area contributed by atoms with Crippen LogP contribution in [0.1, 0.15) is 11.7 Å². The molecule has 1 aromatic heterocycles. The predicted octanol–water partition coefficient (Wildman–Crippen LogP) is 4.09. The average Bonchev–Trinajstić information content (AvgIpc) is 2.83. The standard InChI is InChI=1S/C12H9ClFNOS/c13-8-3-10-11(4-9(8)14)16-12(5-15-10)7-1-2-17-6-7/h1-4,6,12,15H,5H2. The number of fused-ring (bicyclic) bond motifs is 1. The maximum Gasteiger partial charge on any atom is 0.146 e. The Morgan fingerprint density at radius 3 is 3.12 bits per heavy atom. The highest BCUT2D eigenvalue weighted by molar-refractivity contribution is 7.07. The van der Waals surface area contributed by atoms with Gasteiger partial charge in [0.1, 0.15) is 17.7 Å². The van der Waals surface area contributed by atoms with Crippen LogP contribution >= 0.6 is 22.9 Å². The lowest BCUT2D eigenvalue weighted by atomic mass is 10.1. The molecule has 0 amide bonds. The minimum atomic E-state index is -0.460. The van der Waals surface area contributed by atoms with Gasteiger partial charge >= 0.3 is 0 Å². The second-order valence-electron chi connectivity index (χ2n) is 3.81. The van der Waals surface area contributed by atoms with Crippen molar-refractivity contribution in [3.05, 3.63) is 45.4 Å². The van der Waals surface area contributed by atoms with E-state index in [2.05, 4.69) is 5.32 Å². The van der Waals surface area contributed by atoms with Gasteiger partial charge in [0.25, 0.3) is 0 Å². The van der Waals surface area contributed by atoms with Crippen LogP contribution in [0.5, 0.6) is 5.75 Å². The third-order valence-corrected chi connectivity index (χ3v) is 3.68. The fourth-order valence-corrected chi connectivity index (χ4v) is 2.67. The number of thiophene rings is 1. The van der Waals surface area contributed by atoms with Crippen molar-refractivity contribution < 1.29 is 9.13 Å². The first-order valence-corrected chi connectivity index (χ1v) is 6.48. The number of nitrogens with one attached hydrogen (secondary N) is 1. The van der Waals surface area contributed by atoms with Crippen LogP contribution in [0.4, 0.5) is 10.1 Å². The molecule has 2 aromatic rings. The van der Waals surface area contributed by atoms with E-state index in [9.17, 15) is 4.39 Å². The number of hydrogen-bond acceptors (Lipinski definition) is 3. The molecule has 17 heavy (non-hydrogen) atoms. The first-order chi connectivity index (χ1) is 8.24. The van der Waals surface area contributed by atoms with E-state index in [0.717, 1.165) is 11.3 Å². The van der Waals surface area contributed by atoms with E-state index in [1.54, 1.807) is 17.4 Å². The second-order valence-corrected chi connectivity index (χ2v) is 4.99. The number of halogens is 2. The van der Waals surface area contributed by atoms with Gasteiger partial charge in [0.15, 0.2) is 0 Å². The normalized spacial score (nSPS) is 18.1. The van der Waals surface area contributed by atoms with Gasteiger partial charge in [-0.3, -0.25) is 0 Å². The number of anilines is 1. The van der Waals surface area contributed by atoms with Gasteiger partial charge in [-0.15, -0.1) is 0 Å². The Hall–Kier alpha value is -1.26. The molecule has 0 bridgehead atoms. The van der Waals surface area contributed by atoms with Crippen molar-refractivity contribution in [2.75, 3.05) is 11.9 Å². The molecule has 1 aliphatic rings. The zero-order chi connectivity index (χ0) is 11.8. The van der Waals surface area contributed by atoms with Crippen molar-refractivity contribution in [1.29, 1.82) is 0 Å². The van der Waals surface area contributed by atoms with E-state index in [-0.39, 0.29) is 11.1 Å². The summed E-state index contributed by atoms with van der Waals surface area (Å²) in [6.07, 6.45) is -0.0747. The van der Waals surface area contributed by atoms with Gasteiger partial charge in [0.05, 0.1) is 17.3 Å². The fourth-order valence-electron chi connectivity index (χ4n) is 1.81. The zero-order valence-electron chi connectivity index (χ0n) is 8.74. The molecule has 1 unspecified atom stereocenters. The molecule has 5 heteroatoms. The molecular formula is C12H9ClFNOS. The molecule has 2 nitrogen and oxygen atoms in total. The number of hydrogen-bond donors (Lipinski definition) is 1.